The van der Waals surface area contributed by atoms with Gasteiger partial charge in [-0.05, 0) is 13.8 Å². The summed E-state index contributed by atoms with van der Waals surface area (Å²) in [6.07, 6.45) is 0. The lowest BCUT2D eigenvalue weighted by Crippen LogP contribution is -2.17. The molecule has 2 heteroatoms. The highest BCUT2D eigenvalue weighted by Crippen LogP contribution is 1.65. The van der Waals surface area contributed by atoms with E-state index in [1.54, 1.807) is 6.92 Å². The molecule has 5 heavy (non-hydrogen) atoms. The summed E-state index contributed by atoms with van der Waals surface area (Å²) in [5.41, 5.74) is 1.92. The van der Waals surface area contributed by atoms with Crippen LogP contribution in [0.4, 0.5) is 0 Å². The SMILES string of the molecule is [CH2]C(C)NO. The average Bonchev–Trinajstić information content (AvgIpc) is 1.38. The van der Waals surface area contributed by atoms with Crippen LogP contribution in [0, 0.1) is 6.92 Å². The van der Waals surface area contributed by atoms with Gasteiger partial charge in [0.25, 0.3) is 0 Å². The molecule has 0 saturated heterocycles. The summed E-state index contributed by atoms with van der Waals surface area (Å²) in [7, 11) is 0. The van der Waals surface area contributed by atoms with Gasteiger partial charge in [0.15, 0.2) is 0 Å². The molecule has 0 spiro atoms. The standard InChI is InChI=1S/C3H8NO/c1-3(2)4-5/h3-5H,1H2,2H3. The van der Waals surface area contributed by atoms with Crippen molar-refractivity contribution in [1.82, 2.24) is 5.48 Å². The summed E-state index contributed by atoms with van der Waals surface area (Å²) in [4.78, 5) is 0. The molecule has 1 radical (unpaired) electrons. The molecule has 0 rings (SSSR count). The average molecular weight is 74.1 g/mol. The Bertz CT molecular complexity index is 20.9. The molecule has 1 atom stereocenters. The fourth-order valence-electron chi connectivity index (χ4n) is 0. The molecule has 1 unspecified atom stereocenters. The molecule has 2 N–H and O–H groups in total. The summed E-state index contributed by atoms with van der Waals surface area (Å²) in [5.74, 6) is 0. The van der Waals surface area contributed by atoms with Crippen molar-refractivity contribution < 1.29 is 5.21 Å². The summed E-state index contributed by atoms with van der Waals surface area (Å²) in [5, 5.41) is 7.83. The third kappa shape index (κ3) is 3.92. The van der Waals surface area contributed by atoms with E-state index in [0.29, 0.717) is 0 Å². The maximum atomic E-state index is 7.83. The monoisotopic (exact) mass is 74.1 g/mol. The van der Waals surface area contributed by atoms with Gasteiger partial charge in [0.2, 0.25) is 0 Å². The number of hydroxylamine groups is 1. The van der Waals surface area contributed by atoms with Gasteiger partial charge in [0, 0.05) is 6.04 Å². The fourth-order valence-corrected chi connectivity index (χ4v) is 0. The van der Waals surface area contributed by atoms with Gasteiger partial charge in [0.1, 0.15) is 0 Å². The van der Waals surface area contributed by atoms with Crippen molar-refractivity contribution in [2.45, 2.75) is 13.0 Å². The topological polar surface area (TPSA) is 32.3 Å². The maximum Gasteiger partial charge on any atom is 0.0292 e. The number of rotatable bonds is 1. The Balaban J connectivity index is 2.54. The van der Waals surface area contributed by atoms with Gasteiger partial charge < -0.3 is 5.21 Å². The van der Waals surface area contributed by atoms with Crippen molar-refractivity contribution in [3.05, 3.63) is 6.92 Å². The van der Waals surface area contributed by atoms with Crippen LogP contribution in [0.2, 0.25) is 0 Å². The Hall–Kier alpha value is -0.0800. The Morgan fingerprint density at radius 3 is 2.20 bits per heavy atom. The zero-order valence-corrected chi connectivity index (χ0v) is 3.23. The van der Waals surface area contributed by atoms with Crippen molar-refractivity contribution in [1.29, 1.82) is 0 Å². The lowest BCUT2D eigenvalue weighted by atomic mass is 10.4. The first-order valence-corrected chi connectivity index (χ1v) is 1.50. The highest BCUT2D eigenvalue weighted by Gasteiger charge is 1.79. The highest BCUT2D eigenvalue weighted by atomic mass is 16.5. The van der Waals surface area contributed by atoms with E-state index in [4.69, 9.17) is 5.21 Å². The second kappa shape index (κ2) is 2.18. The summed E-state index contributed by atoms with van der Waals surface area (Å²) >= 11 is 0. The molecule has 0 amide bonds. The fraction of sp³-hybridized carbons (Fsp3) is 0.667. The Kier molecular flexibility index (Phi) is 2.14. The molecule has 0 aliphatic carbocycles. The normalized spacial score (nSPS) is 9.60. The third-order valence-electron chi connectivity index (χ3n) is 0.220. The van der Waals surface area contributed by atoms with Crippen molar-refractivity contribution in [2.75, 3.05) is 0 Å². The summed E-state index contributed by atoms with van der Waals surface area (Å²) in [6.45, 7) is 5.15. The molecule has 0 bridgehead atoms. The van der Waals surface area contributed by atoms with Crippen molar-refractivity contribution in [3.63, 3.8) is 0 Å². The van der Waals surface area contributed by atoms with E-state index in [1.165, 1.54) is 0 Å². The van der Waals surface area contributed by atoms with Gasteiger partial charge in [-0.15, -0.1) is 0 Å². The first-order chi connectivity index (χ1) is 2.27. The van der Waals surface area contributed by atoms with E-state index in [1.807, 2.05) is 5.48 Å². The predicted octanol–water partition coefficient (Wildman–Crippen LogP) is 0.188. The van der Waals surface area contributed by atoms with Crippen LogP contribution in [0.25, 0.3) is 0 Å². The minimum Gasteiger partial charge on any atom is -0.317 e. The molecule has 31 valence electrons. The van der Waals surface area contributed by atoms with Gasteiger partial charge in [-0.1, -0.05) is 0 Å². The van der Waals surface area contributed by atoms with E-state index < -0.39 is 0 Å². The Labute approximate surface area is 31.8 Å². The minimum atomic E-state index is -0.0602. The zero-order chi connectivity index (χ0) is 4.28. The lowest BCUT2D eigenvalue weighted by molar-refractivity contribution is 0.148. The van der Waals surface area contributed by atoms with Crippen LogP contribution in [-0.4, -0.2) is 11.2 Å². The van der Waals surface area contributed by atoms with Crippen LogP contribution < -0.4 is 5.48 Å². The van der Waals surface area contributed by atoms with Crippen molar-refractivity contribution >= 4 is 0 Å². The summed E-state index contributed by atoms with van der Waals surface area (Å²) < 4.78 is 0. The van der Waals surface area contributed by atoms with E-state index >= 15 is 0 Å². The van der Waals surface area contributed by atoms with Gasteiger partial charge >= 0.3 is 0 Å². The van der Waals surface area contributed by atoms with E-state index in [9.17, 15) is 0 Å². The zero-order valence-electron chi connectivity index (χ0n) is 3.23. The smallest absolute Gasteiger partial charge is 0.0292 e. The largest absolute Gasteiger partial charge is 0.317 e. The molecule has 2 nitrogen and oxygen atoms in total. The molecule has 0 aliphatic rings. The lowest BCUT2D eigenvalue weighted by Gasteiger charge is -1.93. The van der Waals surface area contributed by atoms with Crippen LogP contribution in [0.15, 0.2) is 0 Å². The van der Waals surface area contributed by atoms with Gasteiger partial charge in [-0.2, -0.15) is 0 Å². The molecular formula is C3H8NO. The van der Waals surface area contributed by atoms with Crippen LogP contribution in [0.5, 0.6) is 0 Å². The van der Waals surface area contributed by atoms with Crippen molar-refractivity contribution in [3.8, 4) is 0 Å². The molecule has 0 aromatic carbocycles. The Morgan fingerprint density at radius 1 is 2.00 bits per heavy atom. The van der Waals surface area contributed by atoms with Crippen LogP contribution in [-0.2, 0) is 0 Å². The molecule has 0 saturated carbocycles. The summed E-state index contributed by atoms with van der Waals surface area (Å²) in [6, 6.07) is -0.0602. The second-order valence-corrected chi connectivity index (χ2v) is 1.03. The van der Waals surface area contributed by atoms with Gasteiger partial charge in [-0.3, -0.25) is 0 Å². The van der Waals surface area contributed by atoms with Gasteiger partial charge in [-0.25, -0.2) is 5.48 Å². The molecule has 0 heterocycles. The first-order valence-electron chi connectivity index (χ1n) is 1.50. The van der Waals surface area contributed by atoms with Crippen molar-refractivity contribution in [2.24, 2.45) is 0 Å². The predicted molar refractivity (Wildman–Crippen MR) is 19.7 cm³/mol. The second-order valence-electron chi connectivity index (χ2n) is 1.03. The maximum absolute atomic E-state index is 7.83. The Morgan fingerprint density at radius 2 is 2.20 bits per heavy atom. The molecule has 0 aromatic rings. The van der Waals surface area contributed by atoms with E-state index in [0.717, 1.165) is 0 Å². The number of nitrogens with one attached hydrogen (secondary N) is 1. The molecule has 0 aromatic heterocycles. The molecule has 0 fully saturated rings. The first kappa shape index (κ1) is 4.92. The number of hydrogen-bond donors (Lipinski definition) is 2. The highest BCUT2D eigenvalue weighted by molar-refractivity contribution is 4.51. The van der Waals surface area contributed by atoms with Crippen LogP contribution >= 0.6 is 0 Å². The third-order valence-corrected chi connectivity index (χ3v) is 0.220. The van der Waals surface area contributed by atoms with E-state index in [2.05, 4.69) is 6.92 Å². The van der Waals surface area contributed by atoms with E-state index in [-0.39, 0.29) is 6.04 Å². The quantitative estimate of drug-likeness (QED) is 0.435. The van der Waals surface area contributed by atoms with Crippen LogP contribution in [0.3, 0.4) is 0 Å². The van der Waals surface area contributed by atoms with Gasteiger partial charge in [0.05, 0.1) is 0 Å². The van der Waals surface area contributed by atoms with Crippen LogP contribution in [0.1, 0.15) is 6.92 Å². The molecular weight excluding hydrogens is 66.0 g/mol. The number of hydrogen-bond acceptors (Lipinski definition) is 2. The molecule has 0 aliphatic heterocycles. The minimum absolute atomic E-state index is 0.0602.